The van der Waals surface area contributed by atoms with Crippen molar-refractivity contribution in [1.82, 2.24) is 0 Å². The summed E-state index contributed by atoms with van der Waals surface area (Å²) in [5, 5.41) is 3.43. The van der Waals surface area contributed by atoms with Gasteiger partial charge in [-0.15, -0.1) is 0 Å². The fourth-order valence-electron chi connectivity index (χ4n) is 2.00. The normalized spacial score (nSPS) is 19.6. The quantitative estimate of drug-likeness (QED) is 0.614. The zero-order chi connectivity index (χ0) is 9.26. The molecule has 0 atom stereocenters. The molecule has 0 radical (unpaired) electrons. The van der Waals surface area contributed by atoms with E-state index in [4.69, 9.17) is 0 Å². The van der Waals surface area contributed by atoms with E-state index < -0.39 is 0 Å². The van der Waals surface area contributed by atoms with Crippen molar-refractivity contribution in [2.45, 2.75) is 26.7 Å². The maximum absolute atomic E-state index is 2.39. The van der Waals surface area contributed by atoms with Gasteiger partial charge in [-0.1, -0.05) is 45.8 Å². The summed E-state index contributed by atoms with van der Waals surface area (Å²) in [4.78, 5) is 0. The Kier molecular flexibility index (Phi) is 4.65. The minimum atomic E-state index is -0.0814. The molecule has 0 nitrogen and oxygen atoms in total. The van der Waals surface area contributed by atoms with E-state index in [1.807, 2.05) is 0 Å². The summed E-state index contributed by atoms with van der Waals surface area (Å²) in [5.41, 5.74) is 2.93. The zero-order valence-corrected chi connectivity index (χ0v) is 9.84. The van der Waals surface area contributed by atoms with Gasteiger partial charge in [0.1, 0.15) is 0 Å². The van der Waals surface area contributed by atoms with E-state index >= 15 is 0 Å². The molecule has 0 saturated carbocycles. The van der Waals surface area contributed by atoms with Gasteiger partial charge in [0.2, 0.25) is 0 Å². The fourth-order valence-corrected chi connectivity index (χ4v) is 4.01. The summed E-state index contributed by atoms with van der Waals surface area (Å²) in [6, 6.07) is 0. The molecule has 2 rings (SSSR count). The molecule has 2 aliphatic rings. The first kappa shape index (κ1) is 12.2. The Morgan fingerprint density at radius 3 is 1.64 bits per heavy atom. The van der Waals surface area contributed by atoms with Gasteiger partial charge in [0.25, 0.3) is 0 Å². The summed E-state index contributed by atoms with van der Waals surface area (Å²) >= 11 is 0. The Morgan fingerprint density at radius 1 is 0.929 bits per heavy atom. The van der Waals surface area contributed by atoms with Crippen LogP contribution in [0.3, 0.4) is 0 Å². The molecular formula is C12H17NaSi. The van der Waals surface area contributed by atoms with Crippen LogP contribution in [0.5, 0.6) is 0 Å². The summed E-state index contributed by atoms with van der Waals surface area (Å²) in [6.07, 6.45) is 11.9. The molecule has 2 aliphatic carbocycles. The molecule has 0 unspecified atom stereocenters. The van der Waals surface area contributed by atoms with Crippen LogP contribution < -0.4 is 0 Å². The van der Waals surface area contributed by atoms with Crippen LogP contribution in [0.1, 0.15) is 26.7 Å². The van der Waals surface area contributed by atoms with Crippen molar-refractivity contribution < 1.29 is 0 Å². The molecule has 0 bridgehead atoms. The van der Waals surface area contributed by atoms with Crippen LogP contribution in [0, 0.1) is 0 Å². The molecule has 0 saturated heterocycles. The number of hydrogen-bond donors (Lipinski definition) is 0. The van der Waals surface area contributed by atoms with Crippen molar-refractivity contribution in [1.29, 1.82) is 0 Å². The topological polar surface area (TPSA) is 0 Å². The first-order valence-electron chi connectivity index (χ1n) is 4.96. The molecule has 0 amide bonds. The Bertz CT molecular complexity index is 311. The average molecular weight is 212 g/mol. The van der Waals surface area contributed by atoms with E-state index in [9.17, 15) is 0 Å². The third kappa shape index (κ3) is 3.09. The molecule has 0 aliphatic heterocycles. The summed E-state index contributed by atoms with van der Waals surface area (Å²) in [7, 11) is -0.0814. The van der Waals surface area contributed by atoms with E-state index in [-0.39, 0.29) is 39.1 Å². The van der Waals surface area contributed by atoms with Gasteiger partial charge in [0.15, 0.2) is 0 Å². The van der Waals surface area contributed by atoms with Crippen molar-refractivity contribution in [3.63, 3.8) is 0 Å². The van der Waals surface area contributed by atoms with Gasteiger partial charge < -0.3 is 0 Å². The van der Waals surface area contributed by atoms with E-state index in [1.165, 1.54) is 24.0 Å². The summed E-state index contributed by atoms with van der Waals surface area (Å²) in [6.45, 7) is 4.40. The fraction of sp³-hybridized carbons (Fsp3) is 0.333. The molecule has 0 aromatic heterocycles. The monoisotopic (exact) mass is 212 g/mol. The first-order chi connectivity index (χ1) is 6.24. The van der Waals surface area contributed by atoms with Gasteiger partial charge in [-0.3, -0.25) is 0 Å². The number of hydrogen-bond acceptors (Lipinski definition) is 0. The molecule has 0 spiro atoms. The van der Waals surface area contributed by atoms with Crippen molar-refractivity contribution in [2.75, 3.05) is 0 Å². The second-order valence-corrected chi connectivity index (χ2v) is 6.26. The third-order valence-electron chi connectivity index (χ3n) is 2.69. The van der Waals surface area contributed by atoms with Crippen molar-refractivity contribution >= 4 is 39.1 Å². The molecule has 0 N–H and O–H groups in total. The summed E-state index contributed by atoms with van der Waals surface area (Å²) < 4.78 is 0. The standard InChI is InChI=1S/C12H16Si.Na.H/c1-9-3-5-11(7-9)13-12-6-4-10(2)8-12;;/h3-4,7-8H,5-6,13H2,1-2H3;;. The zero-order valence-electron chi connectivity index (χ0n) is 8.43. The van der Waals surface area contributed by atoms with Crippen LogP contribution in [-0.4, -0.2) is 39.1 Å². The van der Waals surface area contributed by atoms with Crippen LogP contribution >= 0.6 is 0 Å². The van der Waals surface area contributed by atoms with Crippen LogP contribution in [0.2, 0.25) is 0 Å². The maximum atomic E-state index is 2.39. The molecule has 2 heteroatoms. The second kappa shape index (κ2) is 5.31. The van der Waals surface area contributed by atoms with Gasteiger partial charge in [0.05, 0.1) is 9.52 Å². The van der Waals surface area contributed by atoms with E-state index in [0.717, 1.165) is 0 Å². The van der Waals surface area contributed by atoms with Crippen LogP contribution in [0.4, 0.5) is 0 Å². The van der Waals surface area contributed by atoms with Crippen LogP contribution in [0.15, 0.2) is 45.8 Å². The Balaban J connectivity index is 0.000000980. The van der Waals surface area contributed by atoms with Crippen molar-refractivity contribution in [3.8, 4) is 0 Å². The molecule has 14 heavy (non-hydrogen) atoms. The number of allylic oxidation sites excluding steroid dienone is 8. The Morgan fingerprint density at radius 2 is 1.36 bits per heavy atom. The van der Waals surface area contributed by atoms with Crippen LogP contribution in [0.25, 0.3) is 0 Å². The average Bonchev–Trinajstić information content (AvgIpc) is 2.62. The van der Waals surface area contributed by atoms with E-state index in [0.29, 0.717) is 0 Å². The van der Waals surface area contributed by atoms with Gasteiger partial charge in [0, 0.05) is 0 Å². The first-order valence-corrected chi connectivity index (χ1v) is 6.38. The number of rotatable bonds is 2. The molecule has 0 fully saturated rings. The Hall–Kier alpha value is 0.177. The van der Waals surface area contributed by atoms with Gasteiger partial charge >= 0.3 is 29.6 Å². The Labute approximate surface area is 111 Å². The summed E-state index contributed by atoms with van der Waals surface area (Å²) in [5.74, 6) is 0. The van der Waals surface area contributed by atoms with E-state index in [2.05, 4.69) is 38.2 Å². The van der Waals surface area contributed by atoms with Crippen molar-refractivity contribution in [3.05, 3.63) is 45.8 Å². The van der Waals surface area contributed by atoms with Gasteiger partial charge in [-0.2, -0.15) is 0 Å². The van der Waals surface area contributed by atoms with Crippen molar-refractivity contribution in [2.24, 2.45) is 0 Å². The minimum absolute atomic E-state index is 0. The second-order valence-electron chi connectivity index (χ2n) is 4.09. The van der Waals surface area contributed by atoms with Gasteiger partial charge in [-0.05, 0) is 26.7 Å². The third-order valence-corrected chi connectivity index (χ3v) is 4.58. The molecule has 70 valence electrons. The van der Waals surface area contributed by atoms with E-state index in [1.54, 1.807) is 10.4 Å². The van der Waals surface area contributed by atoms with Gasteiger partial charge in [-0.25, -0.2) is 0 Å². The molecular weight excluding hydrogens is 195 g/mol. The molecule has 0 aromatic rings. The SMILES string of the molecule is CC1=CCC([SiH2]C2=CC(C)=CC2)=C1.[NaH]. The predicted molar refractivity (Wildman–Crippen MR) is 68.6 cm³/mol. The molecule has 0 aromatic carbocycles. The van der Waals surface area contributed by atoms with Crippen LogP contribution in [-0.2, 0) is 0 Å². The molecule has 0 heterocycles. The predicted octanol–water partition coefficient (Wildman–Crippen LogP) is 1.97.